The molecule has 88 valence electrons. The van der Waals surface area contributed by atoms with Crippen LogP contribution in [0.25, 0.3) is 0 Å². The zero-order chi connectivity index (χ0) is 11.5. The van der Waals surface area contributed by atoms with E-state index < -0.39 is 0 Å². The number of nitrogens with one attached hydrogen (secondary N) is 1. The van der Waals surface area contributed by atoms with Gasteiger partial charge in [-0.25, -0.2) is 0 Å². The zero-order valence-electron chi connectivity index (χ0n) is 9.75. The zero-order valence-corrected chi connectivity index (χ0v) is 9.75. The minimum atomic E-state index is 0.531. The second-order valence-electron chi connectivity index (χ2n) is 4.03. The number of hydrogen-bond acceptors (Lipinski definition) is 4. The smallest absolute Gasteiger partial charge is 0.145 e. The summed E-state index contributed by atoms with van der Waals surface area (Å²) in [5, 5.41) is 3.35. The summed E-state index contributed by atoms with van der Waals surface area (Å²) in [7, 11) is 3.25. The fraction of sp³-hybridized carbons (Fsp3) is 0.500. The molecule has 1 atom stereocenters. The van der Waals surface area contributed by atoms with Crippen LogP contribution >= 0.6 is 0 Å². The minimum Gasteiger partial charge on any atom is -0.494 e. The third kappa shape index (κ3) is 1.93. The van der Waals surface area contributed by atoms with Crippen molar-refractivity contribution in [1.29, 1.82) is 0 Å². The lowest BCUT2D eigenvalue weighted by Gasteiger charge is -2.15. The quantitative estimate of drug-likeness (QED) is 0.758. The molecular formula is C12H18N2O2. The first kappa shape index (κ1) is 11.1. The highest BCUT2D eigenvalue weighted by atomic mass is 16.5. The van der Waals surface area contributed by atoms with E-state index in [1.165, 1.54) is 5.56 Å². The van der Waals surface area contributed by atoms with E-state index >= 15 is 0 Å². The summed E-state index contributed by atoms with van der Waals surface area (Å²) in [6.07, 6.45) is 1.15. The predicted molar refractivity (Wildman–Crippen MR) is 64.2 cm³/mol. The van der Waals surface area contributed by atoms with Gasteiger partial charge < -0.3 is 20.5 Å². The van der Waals surface area contributed by atoms with Crippen molar-refractivity contribution in [3.8, 4) is 11.5 Å². The van der Waals surface area contributed by atoms with Crippen LogP contribution in [0.15, 0.2) is 12.1 Å². The van der Waals surface area contributed by atoms with Crippen LogP contribution in [0.1, 0.15) is 17.9 Å². The molecule has 0 saturated carbocycles. The van der Waals surface area contributed by atoms with Gasteiger partial charge in [0, 0.05) is 6.54 Å². The summed E-state index contributed by atoms with van der Waals surface area (Å²) in [5.41, 5.74) is 7.71. The SMILES string of the molecule is COc1cc(C2CCNC2)cc(OC)c1N. The highest BCUT2D eigenvalue weighted by Gasteiger charge is 2.19. The van der Waals surface area contributed by atoms with E-state index in [1.807, 2.05) is 12.1 Å². The van der Waals surface area contributed by atoms with Crippen LogP contribution in [0.3, 0.4) is 0 Å². The molecule has 1 aliphatic heterocycles. The first-order valence-electron chi connectivity index (χ1n) is 5.48. The Morgan fingerprint density at radius 2 is 1.88 bits per heavy atom. The molecule has 16 heavy (non-hydrogen) atoms. The summed E-state index contributed by atoms with van der Waals surface area (Å²) in [4.78, 5) is 0. The topological polar surface area (TPSA) is 56.5 Å². The molecule has 4 nitrogen and oxygen atoms in total. The number of anilines is 1. The maximum atomic E-state index is 5.91. The van der Waals surface area contributed by atoms with Gasteiger partial charge in [0.2, 0.25) is 0 Å². The van der Waals surface area contributed by atoms with Gasteiger partial charge in [0.25, 0.3) is 0 Å². The summed E-state index contributed by atoms with van der Waals surface area (Å²) >= 11 is 0. The molecule has 1 fully saturated rings. The van der Waals surface area contributed by atoms with Gasteiger partial charge in [-0.2, -0.15) is 0 Å². The molecule has 0 aliphatic carbocycles. The Labute approximate surface area is 95.7 Å². The van der Waals surface area contributed by atoms with Gasteiger partial charge >= 0.3 is 0 Å². The van der Waals surface area contributed by atoms with E-state index in [2.05, 4.69) is 5.32 Å². The normalized spacial score (nSPS) is 19.8. The van der Waals surface area contributed by atoms with E-state index in [0.29, 0.717) is 23.1 Å². The Morgan fingerprint density at radius 3 is 2.31 bits per heavy atom. The number of hydrogen-bond donors (Lipinski definition) is 2. The molecule has 3 N–H and O–H groups in total. The third-order valence-corrected chi connectivity index (χ3v) is 3.10. The molecule has 1 heterocycles. The Hall–Kier alpha value is -1.42. The standard InChI is InChI=1S/C12H18N2O2/c1-15-10-5-9(8-3-4-14-7-8)6-11(16-2)12(10)13/h5-6,8,14H,3-4,7,13H2,1-2H3. The lowest BCUT2D eigenvalue weighted by Crippen LogP contribution is -2.08. The Balaban J connectivity index is 2.37. The molecule has 1 aromatic rings. The lowest BCUT2D eigenvalue weighted by molar-refractivity contribution is 0.397. The Morgan fingerprint density at radius 1 is 1.25 bits per heavy atom. The van der Waals surface area contributed by atoms with E-state index in [4.69, 9.17) is 15.2 Å². The number of nitrogen functional groups attached to an aromatic ring is 1. The van der Waals surface area contributed by atoms with Crippen molar-refractivity contribution in [2.45, 2.75) is 12.3 Å². The largest absolute Gasteiger partial charge is 0.494 e. The van der Waals surface area contributed by atoms with Crippen LogP contribution in [0.4, 0.5) is 5.69 Å². The van der Waals surface area contributed by atoms with Crippen molar-refractivity contribution < 1.29 is 9.47 Å². The van der Waals surface area contributed by atoms with Crippen molar-refractivity contribution in [2.24, 2.45) is 0 Å². The molecule has 1 saturated heterocycles. The summed E-state index contributed by atoms with van der Waals surface area (Å²) in [5.74, 6) is 1.92. The van der Waals surface area contributed by atoms with Gasteiger partial charge in [0.05, 0.1) is 14.2 Å². The summed E-state index contributed by atoms with van der Waals surface area (Å²) in [6.45, 7) is 2.08. The molecule has 1 aliphatic rings. The molecule has 0 bridgehead atoms. The number of nitrogens with two attached hydrogens (primary N) is 1. The van der Waals surface area contributed by atoms with Gasteiger partial charge in [-0.05, 0) is 36.6 Å². The second kappa shape index (κ2) is 4.61. The van der Waals surface area contributed by atoms with Crippen LogP contribution < -0.4 is 20.5 Å². The van der Waals surface area contributed by atoms with E-state index in [-0.39, 0.29) is 0 Å². The van der Waals surface area contributed by atoms with Crippen LogP contribution in [-0.4, -0.2) is 27.3 Å². The van der Waals surface area contributed by atoms with Gasteiger partial charge in [-0.15, -0.1) is 0 Å². The molecule has 2 rings (SSSR count). The first-order chi connectivity index (χ1) is 7.76. The van der Waals surface area contributed by atoms with Gasteiger partial charge in [0.15, 0.2) is 0 Å². The average Bonchev–Trinajstić information content (AvgIpc) is 2.83. The monoisotopic (exact) mass is 222 g/mol. The van der Waals surface area contributed by atoms with E-state index in [1.54, 1.807) is 14.2 Å². The van der Waals surface area contributed by atoms with Gasteiger partial charge in [-0.3, -0.25) is 0 Å². The first-order valence-corrected chi connectivity index (χ1v) is 5.48. The highest BCUT2D eigenvalue weighted by molar-refractivity contribution is 5.64. The molecule has 4 heteroatoms. The van der Waals surface area contributed by atoms with Crippen molar-refractivity contribution in [3.05, 3.63) is 17.7 Å². The molecule has 0 aromatic heterocycles. The Kier molecular flexibility index (Phi) is 3.19. The maximum absolute atomic E-state index is 5.91. The van der Waals surface area contributed by atoms with Crippen LogP contribution in [0.2, 0.25) is 0 Å². The van der Waals surface area contributed by atoms with Crippen molar-refractivity contribution >= 4 is 5.69 Å². The summed E-state index contributed by atoms with van der Waals surface area (Å²) < 4.78 is 10.5. The highest BCUT2D eigenvalue weighted by Crippen LogP contribution is 2.36. The Bertz CT molecular complexity index is 348. The minimum absolute atomic E-state index is 0.531. The van der Waals surface area contributed by atoms with Crippen LogP contribution in [-0.2, 0) is 0 Å². The maximum Gasteiger partial charge on any atom is 0.145 e. The number of ether oxygens (including phenoxy) is 2. The second-order valence-corrected chi connectivity index (χ2v) is 4.03. The van der Waals surface area contributed by atoms with Gasteiger partial charge in [0.1, 0.15) is 17.2 Å². The molecule has 1 aromatic carbocycles. The fourth-order valence-electron chi connectivity index (χ4n) is 2.13. The fourth-order valence-corrected chi connectivity index (χ4v) is 2.13. The average molecular weight is 222 g/mol. The van der Waals surface area contributed by atoms with Crippen LogP contribution in [0, 0.1) is 0 Å². The molecule has 0 amide bonds. The number of rotatable bonds is 3. The van der Waals surface area contributed by atoms with E-state index in [0.717, 1.165) is 19.5 Å². The third-order valence-electron chi connectivity index (χ3n) is 3.10. The van der Waals surface area contributed by atoms with Gasteiger partial charge in [-0.1, -0.05) is 0 Å². The lowest BCUT2D eigenvalue weighted by atomic mass is 9.97. The molecule has 0 radical (unpaired) electrons. The predicted octanol–water partition coefficient (Wildman–Crippen LogP) is 1.36. The number of methoxy groups -OCH3 is 2. The molecule has 1 unspecified atom stereocenters. The van der Waals surface area contributed by atoms with Crippen LogP contribution in [0.5, 0.6) is 11.5 Å². The van der Waals surface area contributed by atoms with E-state index in [9.17, 15) is 0 Å². The summed E-state index contributed by atoms with van der Waals surface area (Å²) in [6, 6.07) is 4.02. The van der Waals surface area contributed by atoms with Crippen molar-refractivity contribution in [2.75, 3.05) is 33.0 Å². The molecule has 0 spiro atoms. The van der Waals surface area contributed by atoms with Crippen molar-refractivity contribution in [1.82, 2.24) is 5.32 Å². The molecular weight excluding hydrogens is 204 g/mol. The number of benzene rings is 1. The van der Waals surface area contributed by atoms with Crippen molar-refractivity contribution in [3.63, 3.8) is 0 Å².